The molecule has 1 unspecified atom stereocenters. The van der Waals surface area contributed by atoms with Gasteiger partial charge in [-0.2, -0.15) is 0 Å². The molecular weight excluding hydrogens is 193 g/mol. The zero-order valence-electron chi connectivity index (χ0n) is 8.87. The minimum Gasteiger partial charge on any atom is -0.494 e. The predicted octanol–water partition coefficient (Wildman–Crippen LogP) is 2.28. The number of hydrogen-bond acceptors (Lipinski definition) is 2. The monoisotopic (exact) mass is 209 g/mol. The smallest absolute Gasteiger partial charge is 0.168 e. The fourth-order valence-corrected chi connectivity index (χ4v) is 1.45. The van der Waals surface area contributed by atoms with E-state index in [2.05, 4.69) is 6.58 Å². The normalized spacial score (nSPS) is 12.2. The highest BCUT2D eigenvalue weighted by molar-refractivity contribution is 5.31. The van der Waals surface area contributed by atoms with Crippen LogP contribution in [0.1, 0.15) is 12.0 Å². The Morgan fingerprint density at radius 1 is 1.60 bits per heavy atom. The number of hydrogen-bond donors (Lipinski definition) is 1. The van der Waals surface area contributed by atoms with Crippen LogP contribution >= 0.6 is 0 Å². The fraction of sp³-hybridized carbons (Fsp3) is 0.333. The van der Waals surface area contributed by atoms with Crippen molar-refractivity contribution in [1.29, 1.82) is 0 Å². The van der Waals surface area contributed by atoms with E-state index < -0.39 is 0 Å². The zero-order valence-corrected chi connectivity index (χ0v) is 8.87. The standard InChI is InChI=1S/C12H16FNO/c1-3-5-10(14)8-9-6-4-7-11(15-2)12(9)13/h3-4,6-7,10H,1,5,8,14H2,2H3. The van der Waals surface area contributed by atoms with Crippen molar-refractivity contribution in [2.75, 3.05) is 7.11 Å². The minimum absolute atomic E-state index is 0.0934. The van der Waals surface area contributed by atoms with Gasteiger partial charge in [-0.05, 0) is 24.5 Å². The van der Waals surface area contributed by atoms with Crippen LogP contribution in [0.5, 0.6) is 5.75 Å². The molecule has 0 amide bonds. The number of benzene rings is 1. The average Bonchev–Trinajstić information content (AvgIpc) is 2.21. The van der Waals surface area contributed by atoms with Crippen LogP contribution in [0.2, 0.25) is 0 Å². The van der Waals surface area contributed by atoms with Crippen LogP contribution in [0.25, 0.3) is 0 Å². The molecule has 0 aliphatic carbocycles. The van der Waals surface area contributed by atoms with Crippen LogP contribution in [0.15, 0.2) is 30.9 Å². The second kappa shape index (κ2) is 5.51. The number of ether oxygens (including phenoxy) is 1. The molecule has 0 spiro atoms. The maximum Gasteiger partial charge on any atom is 0.168 e. The molecular formula is C12H16FNO. The Kier molecular flexibility index (Phi) is 4.31. The van der Waals surface area contributed by atoms with Crippen molar-refractivity contribution in [2.45, 2.75) is 18.9 Å². The van der Waals surface area contributed by atoms with Gasteiger partial charge in [0.25, 0.3) is 0 Å². The maximum atomic E-state index is 13.7. The van der Waals surface area contributed by atoms with Crippen LogP contribution in [0.4, 0.5) is 4.39 Å². The second-order valence-electron chi connectivity index (χ2n) is 3.42. The first kappa shape index (κ1) is 11.7. The number of rotatable bonds is 5. The Balaban J connectivity index is 2.80. The number of halogens is 1. The average molecular weight is 209 g/mol. The van der Waals surface area contributed by atoms with Gasteiger partial charge in [-0.25, -0.2) is 4.39 Å². The molecule has 15 heavy (non-hydrogen) atoms. The molecule has 0 saturated carbocycles. The van der Waals surface area contributed by atoms with Crippen LogP contribution in [-0.4, -0.2) is 13.2 Å². The summed E-state index contributed by atoms with van der Waals surface area (Å²) in [5, 5.41) is 0. The summed E-state index contributed by atoms with van der Waals surface area (Å²) in [5.41, 5.74) is 6.38. The molecule has 2 nitrogen and oxygen atoms in total. The first-order chi connectivity index (χ1) is 7.19. The first-order valence-corrected chi connectivity index (χ1v) is 4.87. The van der Waals surface area contributed by atoms with Crippen LogP contribution in [0, 0.1) is 5.82 Å². The Morgan fingerprint density at radius 2 is 2.33 bits per heavy atom. The molecule has 0 bridgehead atoms. The summed E-state index contributed by atoms with van der Waals surface area (Å²) < 4.78 is 18.6. The Labute approximate surface area is 89.6 Å². The summed E-state index contributed by atoms with van der Waals surface area (Å²) in [6, 6.07) is 4.99. The highest BCUT2D eigenvalue weighted by Crippen LogP contribution is 2.21. The SMILES string of the molecule is C=CCC(N)Cc1cccc(OC)c1F. The van der Waals surface area contributed by atoms with Gasteiger partial charge in [0.1, 0.15) is 0 Å². The molecule has 0 heterocycles. The molecule has 3 heteroatoms. The van der Waals surface area contributed by atoms with E-state index >= 15 is 0 Å². The van der Waals surface area contributed by atoms with E-state index in [0.29, 0.717) is 18.4 Å². The Hall–Kier alpha value is -1.35. The van der Waals surface area contributed by atoms with Crippen molar-refractivity contribution in [3.63, 3.8) is 0 Å². The number of nitrogens with two attached hydrogens (primary N) is 1. The van der Waals surface area contributed by atoms with Gasteiger partial charge in [-0.1, -0.05) is 18.2 Å². The molecule has 0 fully saturated rings. The third-order valence-corrected chi connectivity index (χ3v) is 2.21. The fourth-order valence-electron chi connectivity index (χ4n) is 1.45. The molecule has 0 aliphatic rings. The molecule has 1 aromatic rings. The lowest BCUT2D eigenvalue weighted by molar-refractivity contribution is 0.383. The highest BCUT2D eigenvalue weighted by atomic mass is 19.1. The molecule has 0 saturated heterocycles. The Morgan fingerprint density at radius 3 is 2.93 bits per heavy atom. The van der Waals surface area contributed by atoms with Gasteiger partial charge in [0.05, 0.1) is 7.11 Å². The molecule has 82 valence electrons. The van der Waals surface area contributed by atoms with E-state index in [1.165, 1.54) is 7.11 Å². The molecule has 1 rings (SSSR count). The van der Waals surface area contributed by atoms with Crippen molar-refractivity contribution in [2.24, 2.45) is 5.73 Å². The minimum atomic E-state index is -0.320. The summed E-state index contributed by atoms with van der Waals surface area (Å²) in [4.78, 5) is 0. The van der Waals surface area contributed by atoms with Gasteiger partial charge in [0.2, 0.25) is 0 Å². The van der Waals surface area contributed by atoms with E-state index in [1.54, 1.807) is 24.3 Å². The van der Waals surface area contributed by atoms with Crippen molar-refractivity contribution < 1.29 is 9.13 Å². The van der Waals surface area contributed by atoms with Gasteiger partial charge in [-0.3, -0.25) is 0 Å². The zero-order chi connectivity index (χ0) is 11.3. The summed E-state index contributed by atoms with van der Waals surface area (Å²) in [7, 11) is 1.45. The molecule has 0 radical (unpaired) electrons. The van der Waals surface area contributed by atoms with E-state index in [9.17, 15) is 4.39 Å². The lowest BCUT2D eigenvalue weighted by Crippen LogP contribution is -2.22. The molecule has 1 atom stereocenters. The van der Waals surface area contributed by atoms with Gasteiger partial charge >= 0.3 is 0 Å². The maximum absolute atomic E-state index is 13.7. The Bertz CT molecular complexity index is 338. The summed E-state index contributed by atoms with van der Waals surface area (Å²) in [6.07, 6.45) is 2.91. The van der Waals surface area contributed by atoms with Crippen molar-refractivity contribution >= 4 is 0 Å². The third-order valence-electron chi connectivity index (χ3n) is 2.21. The lowest BCUT2D eigenvalue weighted by atomic mass is 10.0. The van der Waals surface area contributed by atoms with Crippen LogP contribution in [0.3, 0.4) is 0 Å². The van der Waals surface area contributed by atoms with E-state index in [1.807, 2.05) is 0 Å². The van der Waals surface area contributed by atoms with Crippen molar-refractivity contribution in [3.05, 3.63) is 42.2 Å². The topological polar surface area (TPSA) is 35.2 Å². The van der Waals surface area contributed by atoms with Crippen molar-refractivity contribution in [1.82, 2.24) is 0 Å². The first-order valence-electron chi connectivity index (χ1n) is 4.87. The largest absolute Gasteiger partial charge is 0.494 e. The quantitative estimate of drug-likeness (QED) is 0.755. The van der Waals surface area contributed by atoms with E-state index in [-0.39, 0.29) is 17.6 Å². The van der Waals surface area contributed by atoms with E-state index in [0.717, 1.165) is 0 Å². The van der Waals surface area contributed by atoms with Crippen molar-refractivity contribution in [3.8, 4) is 5.75 Å². The van der Waals surface area contributed by atoms with E-state index in [4.69, 9.17) is 10.5 Å². The highest BCUT2D eigenvalue weighted by Gasteiger charge is 2.10. The molecule has 1 aromatic carbocycles. The van der Waals surface area contributed by atoms with Gasteiger partial charge in [-0.15, -0.1) is 6.58 Å². The summed E-state index contributed by atoms with van der Waals surface area (Å²) in [5.74, 6) is -0.0576. The van der Waals surface area contributed by atoms with Gasteiger partial charge in [0, 0.05) is 6.04 Å². The third kappa shape index (κ3) is 3.06. The summed E-state index contributed by atoms with van der Waals surface area (Å²) >= 11 is 0. The second-order valence-corrected chi connectivity index (χ2v) is 3.42. The molecule has 0 aliphatic heterocycles. The lowest BCUT2D eigenvalue weighted by Gasteiger charge is -2.11. The van der Waals surface area contributed by atoms with Crippen LogP contribution in [-0.2, 0) is 6.42 Å². The van der Waals surface area contributed by atoms with Crippen LogP contribution < -0.4 is 10.5 Å². The van der Waals surface area contributed by atoms with Gasteiger partial charge in [0.15, 0.2) is 11.6 Å². The summed E-state index contributed by atoms with van der Waals surface area (Å²) in [6.45, 7) is 3.60. The number of methoxy groups -OCH3 is 1. The molecule has 0 aromatic heterocycles. The van der Waals surface area contributed by atoms with Gasteiger partial charge < -0.3 is 10.5 Å². The molecule has 2 N–H and O–H groups in total. The predicted molar refractivity (Wildman–Crippen MR) is 59.4 cm³/mol.